The van der Waals surface area contributed by atoms with Crippen molar-refractivity contribution in [3.05, 3.63) is 34.2 Å². The molecule has 0 bridgehead atoms. The van der Waals surface area contributed by atoms with Gasteiger partial charge in [0.25, 0.3) is 0 Å². The highest BCUT2D eigenvalue weighted by atomic mass is 16.1. The van der Waals surface area contributed by atoms with E-state index in [1.54, 1.807) is 12.3 Å². The van der Waals surface area contributed by atoms with Crippen LogP contribution in [0.3, 0.4) is 0 Å². The van der Waals surface area contributed by atoms with E-state index in [4.69, 9.17) is 5.73 Å². The molecule has 3 N–H and O–H groups in total. The van der Waals surface area contributed by atoms with E-state index in [-0.39, 0.29) is 5.43 Å². The number of H-pyrrole nitrogens is 1. The molecule has 0 saturated heterocycles. The molecule has 0 aliphatic rings. The Morgan fingerprint density at radius 1 is 1.60 bits per heavy atom. The van der Waals surface area contributed by atoms with Crippen molar-refractivity contribution >= 4 is 0 Å². The number of hydrogen-bond donors (Lipinski definition) is 2. The molecule has 0 aromatic carbocycles. The van der Waals surface area contributed by atoms with Crippen LogP contribution in [0, 0.1) is 0 Å². The van der Waals surface area contributed by atoms with Crippen LogP contribution in [-0.2, 0) is 6.42 Å². The molecule has 0 saturated carbocycles. The lowest BCUT2D eigenvalue weighted by atomic mass is 10.3. The van der Waals surface area contributed by atoms with Gasteiger partial charge in [-0.05, 0) is 13.0 Å². The Labute approximate surface area is 58.9 Å². The SMILES string of the molecule is NCCc1cc(=O)cc[nH]1. The summed E-state index contributed by atoms with van der Waals surface area (Å²) >= 11 is 0. The number of nitrogens with two attached hydrogens (primary N) is 1. The molecule has 10 heavy (non-hydrogen) atoms. The van der Waals surface area contributed by atoms with Crippen molar-refractivity contribution in [3.8, 4) is 0 Å². The van der Waals surface area contributed by atoms with Crippen LogP contribution in [-0.4, -0.2) is 11.5 Å². The van der Waals surface area contributed by atoms with Gasteiger partial charge in [0.15, 0.2) is 5.43 Å². The zero-order valence-corrected chi connectivity index (χ0v) is 5.63. The van der Waals surface area contributed by atoms with Gasteiger partial charge in [-0.2, -0.15) is 0 Å². The fraction of sp³-hybridized carbons (Fsp3) is 0.286. The molecule has 0 spiro atoms. The van der Waals surface area contributed by atoms with Crippen LogP contribution in [0.5, 0.6) is 0 Å². The average Bonchev–Trinajstić information content (AvgIpc) is 1.88. The predicted molar refractivity (Wildman–Crippen MR) is 39.8 cm³/mol. The zero-order chi connectivity index (χ0) is 7.40. The summed E-state index contributed by atoms with van der Waals surface area (Å²) in [6.07, 6.45) is 2.36. The summed E-state index contributed by atoms with van der Waals surface area (Å²) in [5, 5.41) is 0. The molecule has 0 atom stereocenters. The number of aromatic nitrogens is 1. The molecular formula is C7H10N2O. The molecule has 1 aromatic rings. The van der Waals surface area contributed by atoms with Crippen molar-refractivity contribution < 1.29 is 0 Å². The van der Waals surface area contributed by atoms with E-state index in [1.807, 2.05) is 0 Å². The summed E-state index contributed by atoms with van der Waals surface area (Å²) in [5.74, 6) is 0. The summed E-state index contributed by atoms with van der Waals surface area (Å²) in [4.78, 5) is 13.6. The quantitative estimate of drug-likeness (QED) is 0.598. The fourth-order valence-corrected chi connectivity index (χ4v) is 0.792. The van der Waals surface area contributed by atoms with E-state index in [0.29, 0.717) is 6.54 Å². The number of nitrogens with one attached hydrogen (secondary N) is 1. The topological polar surface area (TPSA) is 58.9 Å². The second-order valence-electron chi connectivity index (χ2n) is 2.09. The van der Waals surface area contributed by atoms with Gasteiger partial charge in [0.1, 0.15) is 0 Å². The average molecular weight is 138 g/mol. The maximum absolute atomic E-state index is 10.7. The van der Waals surface area contributed by atoms with E-state index in [2.05, 4.69) is 4.98 Å². The molecule has 3 heteroatoms. The monoisotopic (exact) mass is 138 g/mol. The Morgan fingerprint density at radius 3 is 3.00 bits per heavy atom. The van der Waals surface area contributed by atoms with Crippen molar-refractivity contribution in [1.29, 1.82) is 0 Å². The van der Waals surface area contributed by atoms with Crippen molar-refractivity contribution in [3.63, 3.8) is 0 Å². The van der Waals surface area contributed by atoms with Crippen LogP contribution in [0.2, 0.25) is 0 Å². The zero-order valence-electron chi connectivity index (χ0n) is 5.63. The van der Waals surface area contributed by atoms with Gasteiger partial charge in [-0.15, -0.1) is 0 Å². The Bertz CT molecular complexity index is 254. The minimum atomic E-state index is 0.0298. The van der Waals surface area contributed by atoms with Crippen LogP contribution in [0.1, 0.15) is 5.69 Å². The third-order valence-corrected chi connectivity index (χ3v) is 1.25. The van der Waals surface area contributed by atoms with Crippen molar-refractivity contribution in [2.24, 2.45) is 5.73 Å². The van der Waals surface area contributed by atoms with Crippen molar-refractivity contribution in [1.82, 2.24) is 4.98 Å². The number of pyridine rings is 1. The first kappa shape index (κ1) is 7.02. The second-order valence-corrected chi connectivity index (χ2v) is 2.09. The summed E-state index contributed by atoms with van der Waals surface area (Å²) < 4.78 is 0. The first-order valence-corrected chi connectivity index (χ1v) is 3.20. The molecule has 0 aliphatic carbocycles. The maximum atomic E-state index is 10.7. The summed E-state index contributed by atoms with van der Waals surface area (Å²) in [6.45, 7) is 0.569. The van der Waals surface area contributed by atoms with Gasteiger partial charge in [0, 0.05) is 24.0 Å². The lowest BCUT2D eigenvalue weighted by Gasteiger charge is -1.94. The second kappa shape index (κ2) is 3.17. The Morgan fingerprint density at radius 2 is 2.40 bits per heavy atom. The van der Waals surface area contributed by atoms with E-state index in [1.165, 1.54) is 6.07 Å². The molecule has 0 amide bonds. The van der Waals surface area contributed by atoms with E-state index < -0.39 is 0 Å². The van der Waals surface area contributed by atoms with Crippen LogP contribution >= 0.6 is 0 Å². The Hall–Kier alpha value is -1.09. The third kappa shape index (κ3) is 1.70. The Balaban J connectivity index is 2.85. The van der Waals surface area contributed by atoms with Gasteiger partial charge in [0.2, 0.25) is 0 Å². The van der Waals surface area contributed by atoms with Gasteiger partial charge in [0.05, 0.1) is 0 Å². The van der Waals surface area contributed by atoms with Gasteiger partial charge < -0.3 is 10.7 Å². The lowest BCUT2D eigenvalue weighted by Crippen LogP contribution is -2.07. The highest BCUT2D eigenvalue weighted by molar-refractivity contribution is 5.04. The first-order valence-electron chi connectivity index (χ1n) is 3.20. The molecule has 3 nitrogen and oxygen atoms in total. The number of aromatic amines is 1. The third-order valence-electron chi connectivity index (χ3n) is 1.25. The molecule has 0 unspecified atom stereocenters. The minimum Gasteiger partial charge on any atom is -0.365 e. The predicted octanol–water partition coefficient (Wildman–Crippen LogP) is -0.124. The highest BCUT2D eigenvalue weighted by Crippen LogP contribution is 1.86. The molecule has 0 fully saturated rings. The number of hydrogen-bond acceptors (Lipinski definition) is 2. The minimum absolute atomic E-state index is 0.0298. The van der Waals surface area contributed by atoms with Crippen molar-refractivity contribution in [2.75, 3.05) is 6.54 Å². The Kier molecular flexibility index (Phi) is 2.23. The standard InChI is InChI=1S/C7H10N2O/c8-3-1-6-5-7(10)2-4-9-6/h2,4-5H,1,3,8H2,(H,9,10). The van der Waals surface area contributed by atoms with Crippen LogP contribution in [0.15, 0.2) is 23.1 Å². The van der Waals surface area contributed by atoms with Crippen LogP contribution < -0.4 is 11.2 Å². The molecule has 54 valence electrons. The van der Waals surface area contributed by atoms with Gasteiger partial charge >= 0.3 is 0 Å². The summed E-state index contributed by atoms with van der Waals surface area (Å²) in [5.41, 5.74) is 6.22. The fourth-order valence-electron chi connectivity index (χ4n) is 0.792. The molecule has 1 rings (SSSR count). The van der Waals surface area contributed by atoms with E-state index >= 15 is 0 Å². The van der Waals surface area contributed by atoms with Crippen molar-refractivity contribution in [2.45, 2.75) is 6.42 Å². The van der Waals surface area contributed by atoms with E-state index in [0.717, 1.165) is 12.1 Å². The van der Waals surface area contributed by atoms with Crippen LogP contribution in [0.25, 0.3) is 0 Å². The van der Waals surface area contributed by atoms with Crippen LogP contribution in [0.4, 0.5) is 0 Å². The lowest BCUT2D eigenvalue weighted by molar-refractivity contribution is 0.920. The molecular weight excluding hydrogens is 128 g/mol. The molecule has 0 aliphatic heterocycles. The largest absolute Gasteiger partial charge is 0.365 e. The molecule has 1 heterocycles. The van der Waals surface area contributed by atoms with E-state index in [9.17, 15) is 4.79 Å². The first-order chi connectivity index (χ1) is 4.83. The smallest absolute Gasteiger partial charge is 0.181 e. The van der Waals surface area contributed by atoms with Gasteiger partial charge in [-0.1, -0.05) is 0 Å². The normalized spacial score (nSPS) is 9.70. The van der Waals surface area contributed by atoms with Gasteiger partial charge in [-0.25, -0.2) is 0 Å². The molecule has 0 radical (unpaired) electrons. The number of rotatable bonds is 2. The maximum Gasteiger partial charge on any atom is 0.181 e. The summed E-state index contributed by atoms with van der Waals surface area (Å²) in [6, 6.07) is 3.05. The highest BCUT2D eigenvalue weighted by Gasteiger charge is 1.89. The molecule has 1 aromatic heterocycles. The van der Waals surface area contributed by atoms with Gasteiger partial charge in [-0.3, -0.25) is 4.79 Å². The summed E-state index contributed by atoms with van der Waals surface area (Å²) in [7, 11) is 0.